The number of halogens is 2. The summed E-state index contributed by atoms with van der Waals surface area (Å²) in [5, 5.41) is 5.70. The lowest BCUT2D eigenvalue weighted by molar-refractivity contribution is -0.0969. The second-order valence-corrected chi connectivity index (χ2v) is 7.80. The van der Waals surface area contributed by atoms with E-state index in [2.05, 4.69) is 20.6 Å². The summed E-state index contributed by atoms with van der Waals surface area (Å²) in [5.41, 5.74) is -1.76. The van der Waals surface area contributed by atoms with Crippen LogP contribution in [-0.4, -0.2) is 38.6 Å². The molecule has 0 spiro atoms. The zero-order valence-corrected chi connectivity index (χ0v) is 14.2. The van der Waals surface area contributed by atoms with Crippen LogP contribution in [0.25, 0.3) is 0 Å². The first-order chi connectivity index (χ1) is 11.5. The number of carbonyl (C=O) groups is 2. The normalized spacial score (nSPS) is 27.1. The van der Waals surface area contributed by atoms with Gasteiger partial charge in [-0.15, -0.1) is 0 Å². The highest BCUT2D eigenvalue weighted by Gasteiger charge is 2.69. The molecule has 9 heteroatoms. The van der Waals surface area contributed by atoms with Crippen LogP contribution in [0.3, 0.4) is 0 Å². The topological polar surface area (TPSA) is 93.2 Å². The van der Waals surface area contributed by atoms with E-state index in [-0.39, 0.29) is 16.8 Å². The first kappa shape index (κ1) is 17.5. The summed E-state index contributed by atoms with van der Waals surface area (Å²) in [6.45, 7) is 5.37. The summed E-state index contributed by atoms with van der Waals surface area (Å²) >= 11 is 0. The molecule has 2 N–H and O–H groups in total. The van der Waals surface area contributed by atoms with Crippen molar-refractivity contribution in [3.63, 3.8) is 0 Å². The van der Waals surface area contributed by atoms with Gasteiger partial charge in [0.1, 0.15) is 17.0 Å². The van der Waals surface area contributed by atoms with E-state index in [1.165, 1.54) is 0 Å². The van der Waals surface area contributed by atoms with Gasteiger partial charge in [0.15, 0.2) is 0 Å². The predicted molar refractivity (Wildman–Crippen MR) is 83.1 cm³/mol. The van der Waals surface area contributed by atoms with Crippen molar-refractivity contribution in [2.75, 3.05) is 0 Å². The van der Waals surface area contributed by atoms with Crippen LogP contribution in [0.2, 0.25) is 0 Å². The van der Waals surface area contributed by atoms with Crippen molar-refractivity contribution in [2.24, 2.45) is 0 Å². The summed E-state index contributed by atoms with van der Waals surface area (Å²) in [5.74, 6) is -0.459. The molecule has 1 aromatic heterocycles. The number of aromatic nitrogens is 2. The Labute approximate surface area is 143 Å². The van der Waals surface area contributed by atoms with Crippen LogP contribution in [0, 0.1) is 0 Å². The van der Waals surface area contributed by atoms with E-state index in [0.29, 0.717) is 19.3 Å². The molecule has 2 amide bonds. The van der Waals surface area contributed by atoms with Crippen LogP contribution in [0.15, 0.2) is 12.4 Å². The second kappa shape index (κ2) is 5.60. The van der Waals surface area contributed by atoms with Crippen LogP contribution < -0.4 is 10.6 Å². The molecule has 7 nitrogen and oxygen atoms in total. The van der Waals surface area contributed by atoms with Crippen molar-refractivity contribution < 1.29 is 23.1 Å². The number of alkyl halides is 2. The number of carbonyl (C=O) groups excluding carboxylic acids is 2. The maximum atomic E-state index is 12.4. The fourth-order valence-corrected chi connectivity index (χ4v) is 3.45. The number of ether oxygens (including phenoxy) is 1. The van der Waals surface area contributed by atoms with Crippen LogP contribution in [0.4, 0.5) is 13.6 Å². The smallest absolute Gasteiger partial charge is 0.408 e. The molecule has 25 heavy (non-hydrogen) atoms. The third-order valence-corrected chi connectivity index (χ3v) is 4.30. The molecule has 136 valence electrons. The highest BCUT2D eigenvalue weighted by atomic mass is 19.3. The maximum absolute atomic E-state index is 12.4. The van der Waals surface area contributed by atoms with E-state index in [9.17, 15) is 18.4 Å². The number of nitrogens with zero attached hydrogens (tertiary/aromatic N) is 2. The van der Waals surface area contributed by atoms with Gasteiger partial charge in [0.25, 0.3) is 12.3 Å². The van der Waals surface area contributed by atoms with Crippen LogP contribution in [-0.2, 0) is 4.74 Å². The van der Waals surface area contributed by atoms with Gasteiger partial charge in [0.05, 0.1) is 17.9 Å². The molecule has 0 aliphatic heterocycles. The van der Waals surface area contributed by atoms with E-state index in [1.54, 1.807) is 20.8 Å². The number of amides is 2. The van der Waals surface area contributed by atoms with Crippen molar-refractivity contribution in [3.05, 3.63) is 23.8 Å². The first-order valence-electron chi connectivity index (χ1n) is 7.95. The number of hydrogen-bond donors (Lipinski definition) is 2. The first-order valence-corrected chi connectivity index (χ1v) is 7.95. The highest BCUT2D eigenvalue weighted by Crippen LogP contribution is 2.60. The van der Waals surface area contributed by atoms with Gasteiger partial charge in [-0.25, -0.2) is 18.6 Å². The fraction of sp³-hybridized carbons (Fsp3) is 0.625. The number of rotatable bonds is 4. The SMILES string of the molecule is CC(C)(C)OC(=O)NC12CC(NC(=O)c3cnc(C(F)F)cn3)(C1)C2. The van der Waals surface area contributed by atoms with Gasteiger partial charge in [-0.1, -0.05) is 0 Å². The molecule has 0 saturated heterocycles. The maximum Gasteiger partial charge on any atom is 0.408 e. The molecule has 4 rings (SSSR count). The van der Waals surface area contributed by atoms with Crippen molar-refractivity contribution in [3.8, 4) is 0 Å². The molecular weight excluding hydrogens is 334 g/mol. The second-order valence-electron chi connectivity index (χ2n) is 7.80. The summed E-state index contributed by atoms with van der Waals surface area (Å²) in [7, 11) is 0. The van der Waals surface area contributed by atoms with Gasteiger partial charge in [0.2, 0.25) is 0 Å². The van der Waals surface area contributed by atoms with Crippen molar-refractivity contribution >= 4 is 12.0 Å². The molecule has 3 fully saturated rings. The summed E-state index contributed by atoms with van der Waals surface area (Å²) < 4.78 is 30.1. The molecule has 0 aromatic carbocycles. The van der Waals surface area contributed by atoms with Crippen LogP contribution in [0.1, 0.15) is 62.6 Å². The van der Waals surface area contributed by atoms with Gasteiger partial charge in [-0.2, -0.15) is 0 Å². The van der Waals surface area contributed by atoms with Gasteiger partial charge >= 0.3 is 6.09 Å². The largest absolute Gasteiger partial charge is 0.444 e. The Bertz CT molecular complexity index is 681. The lowest BCUT2D eigenvalue weighted by atomic mass is 9.44. The molecule has 3 saturated carbocycles. The molecule has 0 unspecified atom stereocenters. The highest BCUT2D eigenvalue weighted by molar-refractivity contribution is 5.93. The Morgan fingerprint density at radius 2 is 1.72 bits per heavy atom. The van der Waals surface area contributed by atoms with Crippen molar-refractivity contribution in [1.82, 2.24) is 20.6 Å². The molecule has 1 aromatic rings. The fourth-order valence-electron chi connectivity index (χ4n) is 3.45. The third-order valence-electron chi connectivity index (χ3n) is 4.30. The minimum atomic E-state index is -2.72. The van der Waals surface area contributed by atoms with E-state index in [4.69, 9.17) is 4.74 Å². The minimum Gasteiger partial charge on any atom is -0.444 e. The van der Waals surface area contributed by atoms with Crippen LogP contribution >= 0.6 is 0 Å². The van der Waals surface area contributed by atoms with Crippen molar-refractivity contribution in [1.29, 1.82) is 0 Å². The van der Waals surface area contributed by atoms with Crippen LogP contribution in [0.5, 0.6) is 0 Å². The molecule has 0 atom stereocenters. The van der Waals surface area contributed by atoms with E-state index < -0.39 is 29.7 Å². The molecule has 1 heterocycles. The quantitative estimate of drug-likeness (QED) is 0.866. The molecule has 2 bridgehead atoms. The van der Waals surface area contributed by atoms with E-state index in [1.807, 2.05) is 0 Å². The van der Waals surface area contributed by atoms with Crippen molar-refractivity contribution in [2.45, 2.75) is 63.1 Å². The average Bonchev–Trinajstić information content (AvgIpc) is 2.41. The number of hydrogen-bond acceptors (Lipinski definition) is 5. The van der Waals surface area contributed by atoms with Gasteiger partial charge in [0, 0.05) is 5.54 Å². The molecule has 0 radical (unpaired) electrons. The van der Waals surface area contributed by atoms with E-state index >= 15 is 0 Å². The Morgan fingerprint density at radius 1 is 1.12 bits per heavy atom. The zero-order chi connectivity index (χ0) is 18.5. The Morgan fingerprint density at radius 3 is 2.20 bits per heavy atom. The third kappa shape index (κ3) is 3.54. The molecular formula is C16H20F2N4O3. The lowest BCUT2D eigenvalue weighted by Gasteiger charge is -2.70. The average molecular weight is 354 g/mol. The summed E-state index contributed by atoms with van der Waals surface area (Å²) in [4.78, 5) is 31.2. The molecule has 3 aliphatic rings. The Hall–Kier alpha value is -2.32. The monoisotopic (exact) mass is 354 g/mol. The Balaban J connectivity index is 1.50. The molecule has 3 aliphatic carbocycles. The zero-order valence-electron chi connectivity index (χ0n) is 14.2. The lowest BCUT2D eigenvalue weighted by Crippen LogP contribution is -2.83. The Kier molecular flexibility index (Phi) is 3.92. The summed E-state index contributed by atoms with van der Waals surface area (Å²) in [6.07, 6.45) is 0.556. The van der Waals surface area contributed by atoms with Gasteiger partial charge in [-0.3, -0.25) is 9.78 Å². The number of nitrogens with one attached hydrogen (secondary N) is 2. The standard InChI is InChI=1S/C16H20F2N4O3/c1-14(2,3)25-13(24)22-16-6-15(7-16,8-16)21-12(23)10-5-19-9(4-20-10)11(17)18/h4-5,11H,6-8H2,1-3H3,(H,21,23)(H,22,24). The summed E-state index contributed by atoms with van der Waals surface area (Å²) in [6, 6.07) is 0. The number of alkyl carbamates (subject to hydrolysis) is 1. The van der Waals surface area contributed by atoms with Gasteiger partial charge < -0.3 is 15.4 Å². The van der Waals surface area contributed by atoms with E-state index in [0.717, 1.165) is 12.4 Å². The van der Waals surface area contributed by atoms with Gasteiger partial charge in [-0.05, 0) is 40.0 Å². The predicted octanol–water partition coefficient (Wildman–Crippen LogP) is 2.34. The minimum absolute atomic E-state index is 0.0109.